The van der Waals surface area contributed by atoms with E-state index in [1.807, 2.05) is 31.2 Å². The molecule has 2 aliphatic heterocycles. The maximum Gasteiger partial charge on any atom is 0.256 e. The van der Waals surface area contributed by atoms with Gasteiger partial charge in [-0.15, -0.1) is 0 Å². The second-order valence-corrected chi connectivity index (χ2v) is 9.66. The van der Waals surface area contributed by atoms with Crippen molar-refractivity contribution in [2.45, 2.75) is 38.1 Å². The van der Waals surface area contributed by atoms with Gasteiger partial charge < -0.3 is 15.0 Å². The fraction of sp³-hybridized carbons (Fsp3) is 0.310. The number of hydrogen-bond donors (Lipinski definition) is 1. The molecule has 1 N–H and O–H groups in total. The molecule has 2 saturated heterocycles. The molecule has 0 saturated carbocycles. The van der Waals surface area contributed by atoms with Crippen LogP contribution in [0.1, 0.15) is 44.8 Å². The Bertz CT molecular complexity index is 1340. The molecule has 9 heteroatoms. The van der Waals surface area contributed by atoms with E-state index in [2.05, 4.69) is 10.3 Å². The Hall–Kier alpha value is -4.11. The predicted molar refractivity (Wildman–Crippen MR) is 137 cm³/mol. The maximum absolute atomic E-state index is 13.9. The molecule has 8 nitrogen and oxygen atoms in total. The first-order valence-electron chi connectivity index (χ1n) is 12.6. The van der Waals surface area contributed by atoms with Crippen molar-refractivity contribution in [1.29, 1.82) is 0 Å². The Morgan fingerprint density at radius 1 is 1.00 bits per heavy atom. The normalized spacial score (nSPS) is 18.4. The van der Waals surface area contributed by atoms with E-state index in [1.165, 1.54) is 18.2 Å². The molecule has 2 aliphatic rings. The number of benzene rings is 2. The van der Waals surface area contributed by atoms with E-state index in [9.17, 15) is 18.8 Å². The number of pyridine rings is 1. The van der Waals surface area contributed by atoms with Crippen molar-refractivity contribution >= 4 is 17.7 Å². The zero-order chi connectivity index (χ0) is 26.7. The molecule has 1 atom stereocenters. The Morgan fingerprint density at radius 2 is 1.74 bits per heavy atom. The first-order valence-corrected chi connectivity index (χ1v) is 12.6. The van der Waals surface area contributed by atoms with E-state index in [-0.39, 0.29) is 36.4 Å². The van der Waals surface area contributed by atoms with Crippen molar-refractivity contribution in [1.82, 2.24) is 20.1 Å². The lowest BCUT2D eigenvalue weighted by molar-refractivity contribution is -0.128. The second kappa shape index (κ2) is 10.7. The highest BCUT2D eigenvalue weighted by atomic mass is 19.1. The number of carbonyl (C=O) groups excluding carboxylic acids is 3. The number of nitrogens with one attached hydrogen (secondary N) is 1. The fourth-order valence-electron chi connectivity index (χ4n) is 5.15. The summed E-state index contributed by atoms with van der Waals surface area (Å²) in [6.45, 7) is 2.78. The quantitative estimate of drug-likeness (QED) is 0.562. The topological polar surface area (TPSA) is 91.8 Å². The second-order valence-electron chi connectivity index (χ2n) is 9.66. The number of likely N-dealkylation sites (tertiary alicyclic amines) is 1. The fourth-order valence-corrected chi connectivity index (χ4v) is 5.15. The van der Waals surface area contributed by atoms with E-state index >= 15 is 0 Å². The third kappa shape index (κ3) is 5.15. The van der Waals surface area contributed by atoms with Crippen LogP contribution in [0.3, 0.4) is 0 Å². The van der Waals surface area contributed by atoms with Crippen molar-refractivity contribution in [3.8, 4) is 0 Å². The van der Waals surface area contributed by atoms with Crippen molar-refractivity contribution in [3.05, 3.63) is 101 Å². The number of piperidine rings is 1. The van der Waals surface area contributed by atoms with Gasteiger partial charge in [0.1, 0.15) is 17.6 Å². The molecule has 0 radical (unpaired) electrons. The minimum absolute atomic E-state index is 0.0451. The van der Waals surface area contributed by atoms with Gasteiger partial charge in [-0.2, -0.15) is 0 Å². The molecule has 0 unspecified atom stereocenters. The molecule has 1 aromatic heterocycles. The van der Waals surface area contributed by atoms with Gasteiger partial charge in [-0.05, 0) is 49.4 Å². The Labute approximate surface area is 220 Å². The summed E-state index contributed by atoms with van der Waals surface area (Å²) in [5.74, 6) is -1.38. The molecular weight excluding hydrogens is 487 g/mol. The summed E-state index contributed by atoms with van der Waals surface area (Å²) in [4.78, 5) is 47.6. The summed E-state index contributed by atoms with van der Waals surface area (Å²) >= 11 is 0. The molecular formula is C29H29FN4O4. The van der Waals surface area contributed by atoms with Crippen LogP contribution in [0, 0.1) is 12.7 Å². The molecule has 3 aromatic rings. The standard InChI is InChI=1S/C29H29FN4O4/c1-20-6-4-7-21(16-20)28(37)34-25(26(35)32-18-24-10-2-3-13-31-24)19-38-29(34)11-14-33(15-12-29)27(36)22-8-5-9-23(30)17-22/h2-10,13,16-17,25H,11-12,14-15,18-19H2,1H3,(H,32,35)/t25-/m0/s1. The van der Waals surface area contributed by atoms with Gasteiger partial charge in [0.2, 0.25) is 5.91 Å². The van der Waals surface area contributed by atoms with Crippen LogP contribution in [0.15, 0.2) is 72.9 Å². The molecule has 0 bridgehead atoms. The molecule has 196 valence electrons. The Kier molecular flexibility index (Phi) is 7.20. The van der Waals surface area contributed by atoms with E-state index in [0.29, 0.717) is 37.2 Å². The number of amides is 3. The van der Waals surface area contributed by atoms with Gasteiger partial charge in [0.05, 0.1) is 18.8 Å². The summed E-state index contributed by atoms with van der Waals surface area (Å²) in [6.07, 6.45) is 2.31. The Morgan fingerprint density at radius 3 is 2.42 bits per heavy atom. The average Bonchev–Trinajstić information content (AvgIpc) is 3.30. The minimum Gasteiger partial charge on any atom is -0.353 e. The van der Waals surface area contributed by atoms with Crippen LogP contribution in [-0.2, 0) is 16.1 Å². The SMILES string of the molecule is Cc1cccc(C(=O)N2[C@H](C(=O)NCc3ccccn3)COC23CCN(C(=O)c2cccc(F)c2)CC3)c1. The molecule has 0 aliphatic carbocycles. The highest BCUT2D eigenvalue weighted by Crippen LogP contribution is 2.39. The average molecular weight is 517 g/mol. The van der Waals surface area contributed by atoms with Crippen molar-refractivity contribution in [3.63, 3.8) is 0 Å². The Balaban J connectivity index is 1.37. The highest BCUT2D eigenvalue weighted by molar-refractivity contribution is 5.99. The first-order chi connectivity index (χ1) is 18.4. The summed E-state index contributed by atoms with van der Waals surface area (Å²) in [5.41, 5.74) is 1.34. The van der Waals surface area contributed by atoms with E-state index in [1.54, 1.807) is 40.3 Å². The van der Waals surface area contributed by atoms with E-state index in [4.69, 9.17) is 4.74 Å². The van der Waals surface area contributed by atoms with Crippen LogP contribution in [0.4, 0.5) is 4.39 Å². The van der Waals surface area contributed by atoms with Crippen LogP contribution in [0.5, 0.6) is 0 Å². The molecule has 2 aromatic carbocycles. The van der Waals surface area contributed by atoms with Gasteiger partial charge in [-0.1, -0.05) is 29.8 Å². The van der Waals surface area contributed by atoms with Crippen molar-refractivity contribution < 1.29 is 23.5 Å². The highest BCUT2D eigenvalue weighted by Gasteiger charge is 2.54. The van der Waals surface area contributed by atoms with E-state index < -0.39 is 17.6 Å². The van der Waals surface area contributed by atoms with Gasteiger partial charge in [0.25, 0.3) is 11.8 Å². The van der Waals surface area contributed by atoms with Gasteiger partial charge in [0, 0.05) is 43.3 Å². The summed E-state index contributed by atoms with van der Waals surface area (Å²) < 4.78 is 19.9. The lowest BCUT2D eigenvalue weighted by Gasteiger charge is -2.44. The smallest absolute Gasteiger partial charge is 0.256 e. The summed E-state index contributed by atoms with van der Waals surface area (Å²) in [6, 6.07) is 17.4. The summed E-state index contributed by atoms with van der Waals surface area (Å²) in [5, 5.41) is 2.89. The van der Waals surface area contributed by atoms with Crippen molar-refractivity contribution in [2.75, 3.05) is 19.7 Å². The molecule has 3 heterocycles. The zero-order valence-electron chi connectivity index (χ0n) is 21.1. The lowest BCUT2D eigenvalue weighted by atomic mass is 9.95. The number of rotatable bonds is 5. The van der Waals surface area contributed by atoms with Crippen molar-refractivity contribution in [2.24, 2.45) is 0 Å². The zero-order valence-corrected chi connectivity index (χ0v) is 21.1. The number of halogens is 1. The van der Waals surface area contributed by atoms with E-state index in [0.717, 1.165) is 5.56 Å². The van der Waals surface area contributed by atoms with Crippen LogP contribution in [0.2, 0.25) is 0 Å². The molecule has 38 heavy (non-hydrogen) atoms. The van der Waals surface area contributed by atoms with Gasteiger partial charge in [-0.25, -0.2) is 4.39 Å². The van der Waals surface area contributed by atoms with Crippen LogP contribution < -0.4 is 5.32 Å². The van der Waals surface area contributed by atoms with Gasteiger partial charge >= 0.3 is 0 Å². The largest absolute Gasteiger partial charge is 0.353 e. The molecule has 1 spiro atoms. The third-order valence-electron chi connectivity index (χ3n) is 7.12. The molecule has 3 amide bonds. The minimum atomic E-state index is -1.04. The number of carbonyl (C=O) groups is 3. The third-order valence-corrected chi connectivity index (χ3v) is 7.12. The summed E-state index contributed by atoms with van der Waals surface area (Å²) in [7, 11) is 0. The van der Waals surface area contributed by atoms with Crippen LogP contribution in [0.25, 0.3) is 0 Å². The molecule has 5 rings (SSSR count). The monoisotopic (exact) mass is 516 g/mol. The maximum atomic E-state index is 13.9. The number of aryl methyl sites for hydroxylation is 1. The van der Waals surface area contributed by atoms with Crippen LogP contribution >= 0.6 is 0 Å². The van der Waals surface area contributed by atoms with Gasteiger partial charge in [-0.3, -0.25) is 24.3 Å². The molecule has 2 fully saturated rings. The predicted octanol–water partition coefficient (Wildman–Crippen LogP) is 3.32. The number of aromatic nitrogens is 1. The van der Waals surface area contributed by atoms with Gasteiger partial charge in [0.15, 0.2) is 0 Å². The first kappa shape index (κ1) is 25.5. The number of ether oxygens (including phenoxy) is 1. The lowest BCUT2D eigenvalue weighted by Crippen LogP contribution is -2.59. The number of hydrogen-bond acceptors (Lipinski definition) is 5. The van der Waals surface area contributed by atoms with Crippen LogP contribution in [-0.4, -0.2) is 64.0 Å². The number of nitrogens with zero attached hydrogens (tertiary/aromatic N) is 3.